The van der Waals surface area contributed by atoms with Crippen LogP contribution < -0.4 is 10.6 Å². The van der Waals surface area contributed by atoms with E-state index >= 15 is 0 Å². The summed E-state index contributed by atoms with van der Waals surface area (Å²) in [7, 11) is 1.31. The van der Waals surface area contributed by atoms with Crippen molar-refractivity contribution in [3.8, 4) is 11.3 Å². The predicted molar refractivity (Wildman–Crippen MR) is 109 cm³/mol. The number of carbonyl (C=O) groups is 3. The number of nitrogens with zero attached hydrogens (tertiary/aromatic N) is 2. The fourth-order valence-electron chi connectivity index (χ4n) is 3.32. The lowest BCUT2D eigenvalue weighted by Gasteiger charge is -2.21. The SMILES string of the molecule is COC(=O)N1CCC[C@H]1C(=O)Nc1nc(-c2ccc(C(=O)NC3CC3)cc2)cs1. The van der Waals surface area contributed by atoms with Crippen LogP contribution in [0.5, 0.6) is 0 Å². The van der Waals surface area contributed by atoms with E-state index in [1.807, 2.05) is 17.5 Å². The largest absolute Gasteiger partial charge is 0.453 e. The minimum absolute atomic E-state index is 0.0583. The van der Waals surface area contributed by atoms with E-state index in [1.54, 1.807) is 12.1 Å². The molecular weight excluding hydrogens is 392 g/mol. The molecule has 2 aliphatic rings. The highest BCUT2D eigenvalue weighted by Gasteiger charge is 2.35. The Balaban J connectivity index is 1.39. The molecule has 3 amide bonds. The minimum atomic E-state index is -0.543. The van der Waals surface area contributed by atoms with Gasteiger partial charge in [-0.25, -0.2) is 9.78 Å². The second-order valence-electron chi connectivity index (χ2n) is 7.17. The van der Waals surface area contributed by atoms with E-state index in [4.69, 9.17) is 4.74 Å². The zero-order valence-electron chi connectivity index (χ0n) is 16.0. The number of benzene rings is 1. The number of ether oxygens (including phenoxy) is 1. The molecule has 2 fully saturated rings. The van der Waals surface area contributed by atoms with Crippen molar-refractivity contribution in [3.05, 3.63) is 35.2 Å². The maximum absolute atomic E-state index is 12.6. The molecule has 1 aromatic heterocycles. The van der Waals surface area contributed by atoms with Crippen LogP contribution in [0.4, 0.5) is 9.93 Å². The standard InChI is InChI=1S/C20H22N4O4S/c1-28-20(27)24-10-2-3-16(24)18(26)23-19-22-15(11-29-19)12-4-6-13(7-5-12)17(25)21-14-8-9-14/h4-7,11,14,16H,2-3,8-10H2,1H3,(H,21,25)(H,22,23,26)/t16-/m0/s1. The van der Waals surface area contributed by atoms with Crippen molar-refractivity contribution in [2.24, 2.45) is 0 Å². The van der Waals surface area contributed by atoms with Gasteiger partial charge in [0, 0.05) is 29.1 Å². The minimum Gasteiger partial charge on any atom is -0.453 e. The topological polar surface area (TPSA) is 101 Å². The van der Waals surface area contributed by atoms with E-state index < -0.39 is 12.1 Å². The molecule has 1 aliphatic carbocycles. The number of rotatable bonds is 5. The monoisotopic (exact) mass is 414 g/mol. The lowest BCUT2D eigenvalue weighted by molar-refractivity contribution is -0.119. The first kappa shape index (κ1) is 19.4. The molecule has 0 unspecified atom stereocenters. The summed E-state index contributed by atoms with van der Waals surface area (Å²) in [5.74, 6) is -0.321. The van der Waals surface area contributed by atoms with Crippen LogP contribution in [0, 0.1) is 0 Å². The zero-order chi connectivity index (χ0) is 20.4. The molecular formula is C20H22N4O4S. The van der Waals surface area contributed by atoms with E-state index in [1.165, 1.54) is 23.3 Å². The van der Waals surface area contributed by atoms with E-state index in [9.17, 15) is 14.4 Å². The summed E-state index contributed by atoms with van der Waals surface area (Å²) in [4.78, 5) is 42.3. The smallest absolute Gasteiger partial charge is 0.410 e. The lowest BCUT2D eigenvalue weighted by Crippen LogP contribution is -2.43. The molecule has 0 spiro atoms. The van der Waals surface area contributed by atoms with Crippen molar-refractivity contribution in [2.45, 2.75) is 37.8 Å². The maximum Gasteiger partial charge on any atom is 0.410 e. The van der Waals surface area contributed by atoms with Crippen molar-refractivity contribution in [1.29, 1.82) is 0 Å². The van der Waals surface area contributed by atoms with E-state index in [0.717, 1.165) is 30.5 Å². The maximum atomic E-state index is 12.6. The van der Waals surface area contributed by atoms with Gasteiger partial charge < -0.3 is 15.4 Å². The van der Waals surface area contributed by atoms with Gasteiger partial charge in [0.25, 0.3) is 5.91 Å². The Hall–Kier alpha value is -2.94. The molecule has 1 saturated carbocycles. The van der Waals surface area contributed by atoms with Crippen LogP contribution in [0.3, 0.4) is 0 Å². The first-order valence-corrected chi connectivity index (χ1v) is 10.5. The molecule has 1 atom stereocenters. The van der Waals surface area contributed by atoms with Crippen LogP contribution in [0.25, 0.3) is 11.3 Å². The third-order valence-corrected chi connectivity index (χ3v) is 5.81. The van der Waals surface area contributed by atoms with Crippen molar-refractivity contribution in [3.63, 3.8) is 0 Å². The molecule has 1 aromatic carbocycles. The molecule has 152 valence electrons. The predicted octanol–water partition coefficient (Wildman–Crippen LogP) is 2.87. The van der Waals surface area contributed by atoms with Crippen molar-refractivity contribution in [2.75, 3.05) is 19.0 Å². The first-order valence-electron chi connectivity index (χ1n) is 9.57. The van der Waals surface area contributed by atoms with Gasteiger partial charge in [0.2, 0.25) is 5.91 Å². The van der Waals surface area contributed by atoms with Gasteiger partial charge in [-0.2, -0.15) is 0 Å². The second-order valence-corrected chi connectivity index (χ2v) is 8.03. The zero-order valence-corrected chi connectivity index (χ0v) is 16.8. The molecule has 1 saturated heterocycles. The van der Waals surface area contributed by atoms with Gasteiger partial charge in [0.15, 0.2) is 5.13 Å². The number of anilines is 1. The van der Waals surface area contributed by atoms with Crippen molar-refractivity contribution < 1.29 is 19.1 Å². The number of hydrogen-bond acceptors (Lipinski definition) is 6. The summed E-state index contributed by atoms with van der Waals surface area (Å²) in [6.45, 7) is 0.508. The average Bonchev–Trinajstić information content (AvgIpc) is 3.21. The molecule has 0 radical (unpaired) electrons. The summed E-state index contributed by atoms with van der Waals surface area (Å²) < 4.78 is 4.74. The molecule has 8 nitrogen and oxygen atoms in total. The summed E-state index contributed by atoms with van der Waals surface area (Å²) >= 11 is 1.32. The highest BCUT2D eigenvalue weighted by molar-refractivity contribution is 7.14. The highest BCUT2D eigenvalue weighted by Crippen LogP contribution is 2.27. The normalized spacial score (nSPS) is 18.4. The Morgan fingerprint density at radius 3 is 2.62 bits per heavy atom. The first-order chi connectivity index (χ1) is 14.0. The third kappa shape index (κ3) is 4.40. The van der Waals surface area contributed by atoms with Gasteiger partial charge in [-0.1, -0.05) is 12.1 Å². The van der Waals surface area contributed by atoms with E-state index in [2.05, 4.69) is 15.6 Å². The fourth-order valence-corrected chi connectivity index (χ4v) is 4.04. The van der Waals surface area contributed by atoms with Crippen LogP contribution in [-0.4, -0.2) is 53.5 Å². The number of aromatic nitrogens is 1. The summed E-state index contributed by atoms with van der Waals surface area (Å²) in [5.41, 5.74) is 2.20. The van der Waals surface area contributed by atoms with Gasteiger partial charge >= 0.3 is 6.09 Å². The van der Waals surface area contributed by atoms with Crippen molar-refractivity contribution >= 4 is 34.4 Å². The van der Waals surface area contributed by atoms with Gasteiger partial charge in [-0.15, -0.1) is 11.3 Å². The van der Waals surface area contributed by atoms with E-state index in [-0.39, 0.29) is 11.8 Å². The molecule has 2 aromatic rings. The summed E-state index contributed by atoms with van der Waals surface area (Å²) in [5, 5.41) is 8.08. The van der Waals surface area contributed by atoms with Crippen LogP contribution >= 0.6 is 11.3 Å². The summed E-state index contributed by atoms with van der Waals surface area (Å²) in [6, 6.07) is 7.02. The Bertz CT molecular complexity index is 923. The highest BCUT2D eigenvalue weighted by atomic mass is 32.1. The molecule has 2 heterocycles. The molecule has 4 rings (SSSR count). The van der Waals surface area contributed by atoms with E-state index in [0.29, 0.717) is 29.7 Å². The Kier molecular flexibility index (Phi) is 5.48. The number of carbonyl (C=O) groups excluding carboxylic acids is 3. The number of thiazole rings is 1. The number of nitrogens with one attached hydrogen (secondary N) is 2. The Labute approximate surface area is 172 Å². The lowest BCUT2D eigenvalue weighted by atomic mass is 10.1. The quantitative estimate of drug-likeness (QED) is 0.784. The van der Waals surface area contributed by atoms with Gasteiger partial charge in [0.1, 0.15) is 6.04 Å². The summed E-state index contributed by atoms with van der Waals surface area (Å²) in [6.07, 6.45) is 2.97. The third-order valence-electron chi connectivity index (χ3n) is 5.05. The van der Waals surface area contributed by atoms with Crippen LogP contribution in [0.15, 0.2) is 29.6 Å². The number of amides is 3. The average molecular weight is 414 g/mol. The van der Waals surface area contributed by atoms with Crippen molar-refractivity contribution in [1.82, 2.24) is 15.2 Å². The fraction of sp³-hybridized carbons (Fsp3) is 0.400. The van der Waals surface area contributed by atoms with Gasteiger partial charge in [0.05, 0.1) is 12.8 Å². The Morgan fingerprint density at radius 1 is 1.17 bits per heavy atom. The van der Waals surface area contributed by atoms with Crippen LogP contribution in [0.1, 0.15) is 36.0 Å². The van der Waals surface area contributed by atoms with Gasteiger partial charge in [-0.05, 0) is 37.8 Å². The van der Waals surface area contributed by atoms with Crippen LogP contribution in [-0.2, 0) is 9.53 Å². The van der Waals surface area contributed by atoms with Crippen LogP contribution in [0.2, 0.25) is 0 Å². The second kappa shape index (κ2) is 8.20. The molecule has 1 aliphatic heterocycles. The number of hydrogen-bond donors (Lipinski definition) is 2. The molecule has 29 heavy (non-hydrogen) atoms. The number of likely N-dealkylation sites (tertiary alicyclic amines) is 1. The number of methoxy groups -OCH3 is 1. The molecule has 9 heteroatoms. The molecule has 0 bridgehead atoms. The molecule has 2 N–H and O–H groups in total. The Morgan fingerprint density at radius 2 is 1.93 bits per heavy atom. The van der Waals surface area contributed by atoms with Gasteiger partial charge in [-0.3, -0.25) is 14.5 Å².